The second kappa shape index (κ2) is 12.3. The van der Waals surface area contributed by atoms with Gasteiger partial charge >= 0.3 is 0 Å². The van der Waals surface area contributed by atoms with E-state index in [0.717, 1.165) is 31.1 Å². The molecule has 2 heterocycles. The van der Waals surface area contributed by atoms with Crippen molar-refractivity contribution in [1.82, 2.24) is 0 Å². The minimum atomic E-state index is 0.669. The molecule has 0 aliphatic carbocycles. The van der Waals surface area contributed by atoms with Gasteiger partial charge in [0.2, 0.25) is 0 Å². The second-order valence-corrected chi connectivity index (χ2v) is 10.1. The Balaban J connectivity index is 2.15. The first-order chi connectivity index (χ1) is 14.3. The van der Waals surface area contributed by atoms with Crippen molar-refractivity contribution in [1.29, 1.82) is 0 Å². The third kappa shape index (κ3) is 7.28. The average molecular weight is 428 g/mol. The molecule has 0 saturated carbocycles. The Morgan fingerprint density at radius 3 is 2.77 bits per heavy atom. The minimum Gasteiger partial charge on any atom is -0.387 e. The van der Waals surface area contributed by atoms with Gasteiger partial charge in [0.15, 0.2) is 0 Å². The lowest BCUT2D eigenvalue weighted by Crippen LogP contribution is -2.18. The predicted molar refractivity (Wildman–Crippen MR) is 135 cm³/mol. The van der Waals surface area contributed by atoms with Gasteiger partial charge in [0.05, 0.1) is 5.69 Å². The maximum atomic E-state index is 5.82. The molecule has 1 aliphatic rings. The fraction of sp³-hybridized carbons (Fsp3) is 0.556. The third-order valence-corrected chi connectivity index (χ3v) is 7.04. The maximum Gasteiger partial charge on any atom is 0.0558 e. The predicted octanol–water partition coefficient (Wildman–Crippen LogP) is 7.90. The van der Waals surface area contributed by atoms with E-state index in [-0.39, 0.29) is 0 Å². The van der Waals surface area contributed by atoms with Gasteiger partial charge in [0, 0.05) is 36.1 Å². The van der Waals surface area contributed by atoms with E-state index in [0.29, 0.717) is 11.8 Å². The van der Waals surface area contributed by atoms with Gasteiger partial charge in [0.1, 0.15) is 0 Å². The van der Waals surface area contributed by atoms with Gasteiger partial charge in [-0.15, -0.1) is 11.3 Å². The monoisotopic (exact) mass is 427 g/mol. The van der Waals surface area contributed by atoms with E-state index in [9.17, 15) is 0 Å². The normalized spacial score (nSPS) is 22.2. The number of allylic oxidation sites excluding steroid dienone is 6. The van der Waals surface area contributed by atoms with Crippen molar-refractivity contribution in [3.63, 3.8) is 0 Å². The van der Waals surface area contributed by atoms with Crippen molar-refractivity contribution in [2.24, 2.45) is 17.8 Å². The average Bonchev–Trinajstić information content (AvgIpc) is 3.07. The molecule has 30 heavy (non-hydrogen) atoms. The van der Waals surface area contributed by atoms with Gasteiger partial charge in [-0.05, 0) is 62.9 Å². The Morgan fingerprint density at radius 1 is 1.33 bits per heavy atom. The van der Waals surface area contributed by atoms with Crippen LogP contribution in [0.1, 0.15) is 63.8 Å². The number of ether oxygens (including phenoxy) is 1. The minimum absolute atomic E-state index is 0.669. The Morgan fingerprint density at radius 2 is 2.10 bits per heavy atom. The Bertz CT molecular complexity index is 770. The van der Waals surface area contributed by atoms with Gasteiger partial charge in [-0.3, -0.25) is 0 Å². The van der Waals surface area contributed by atoms with Crippen LogP contribution in [0, 0.1) is 17.8 Å². The highest BCUT2D eigenvalue weighted by atomic mass is 32.1. The summed E-state index contributed by atoms with van der Waals surface area (Å²) >= 11 is 1.88. The van der Waals surface area contributed by atoms with Crippen LogP contribution in [0.3, 0.4) is 0 Å². The highest BCUT2D eigenvalue weighted by Crippen LogP contribution is 2.38. The van der Waals surface area contributed by atoms with E-state index in [1.807, 2.05) is 30.5 Å². The van der Waals surface area contributed by atoms with Crippen LogP contribution in [0.25, 0.3) is 5.57 Å². The zero-order valence-corrected chi connectivity index (χ0v) is 20.5. The molecule has 1 fully saturated rings. The largest absolute Gasteiger partial charge is 0.387 e. The summed E-state index contributed by atoms with van der Waals surface area (Å²) in [6, 6.07) is 0. The van der Waals surface area contributed by atoms with Crippen molar-refractivity contribution in [2.75, 3.05) is 25.6 Å². The molecule has 3 atom stereocenters. The lowest BCUT2D eigenvalue weighted by atomic mass is 9.85. The smallest absolute Gasteiger partial charge is 0.0558 e. The molecule has 0 radical (unpaired) electrons. The molecule has 0 amide bonds. The van der Waals surface area contributed by atoms with E-state index in [4.69, 9.17) is 4.74 Å². The molecule has 1 N–H and O–H groups in total. The Labute approximate surface area is 188 Å². The highest BCUT2D eigenvalue weighted by Gasteiger charge is 2.21. The Hall–Kier alpha value is -1.58. The van der Waals surface area contributed by atoms with E-state index in [1.54, 1.807) is 0 Å². The number of rotatable bonds is 9. The topological polar surface area (TPSA) is 21.3 Å². The fourth-order valence-electron chi connectivity index (χ4n) is 4.40. The highest BCUT2D eigenvalue weighted by molar-refractivity contribution is 7.10. The van der Waals surface area contributed by atoms with Crippen molar-refractivity contribution in [3.05, 3.63) is 58.4 Å². The summed E-state index contributed by atoms with van der Waals surface area (Å²) in [6.45, 7) is 18.8. The molecule has 2 nitrogen and oxygen atoms in total. The van der Waals surface area contributed by atoms with Crippen LogP contribution < -0.4 is 5.32 Å². The number of nitrogens with one attached hydrogen (secondary N) is 1. The lowest BCUT2D eigenvalue weighted by molar-refractivity contribution is 0.0675. The molecule has 2 rings (SSSR count). The lowest BCUT2D eigenvalue weighted by Gasteiger charge is -2.25. The second-order valence-electron chi connectivity index (χ2n) is 9.14. The summed E-state index contributed by atoms with van der Waals surface area (Å²) in [5.74, 6) is 2.16. The molecular weight excluding hydrogens is 386 g/mol. The molecular formula is C27H41NOS. The fourth-order valence-corrected chi connectivity index (χ4v) is 5.62. The van der Waals surface area contributed by atoms with E-state index in [1.165, 1.54) is 53.0 Å². The number of hydrogen-bond acceptors (Lipinski definition) is 3. The summed E-state index contributed by atoms with van der Waals surface area (Å²) in [5.41, 5.74) is 6.01. The van der Waals surface area contributed by atoms with Crippen LogP contribution in [0.15, 0.2) is 47.9 Å². The van der Waals surface area contributed by atoms with Crippen LogP contribution in [-0.2, 0) is 11.2 Å². The van der Waals surface area contributed by atoms with Gasteiger partial charge in [0.25, 0.3) is 0 Å². The zero-order valence-electron chi connectivity index (χ0n) is 19.7. The summed E-state index contributed by atoms with van der Waals surface area (Å²) in [7, 11) is 2.04. The van der Waals surface area contributed by atoms with Crippen molar-refractivity contribution in [3.8, 4) is 0 Å². The van der Waals surface area contributed by atoms with Crippen LogP contribution in [-0.4, -0.2) is 20.3 Å². The van der Waals surface area contributed by atoms with Crippen LogP contribution in [0.5, 0.6) is 0 Å². The number of hydrogen-bond donors (Lipinski definition) is 1. The van der Waals surface area contributed by atoms with Gasteiger partial charge < -0.3 is 10.1 Å². The molecule has 0 aromatic carbocycles. The van der Waals surface area contributed by atoms with Crippen LogP contribution in [0.2, 0.25) is 0 Å². The van der Waals surface area contributed by atoms with Crippen LogP contribution >= 0.6 is 11.3 Å². The SMILES string of the molecule is C=C/C=C(C)/C=C(\C(=C)C)c1csc(CC(C)CC2CCOC[C@@H](C)CC2)c1NC. The van der Waals surface area contributed by atoms with Crippen molar-refractivity contribution >= 4 is 22.6 Å². The summed E-state index contributed by atoms with van der Waals surface area (Å²) in [6.07, 6.45) is 12.4. The zero-order chi connectivity index (χ0) is 22.1. The standard InChI is InChI=1S/C27H41NOS/c1-8-9-20(4)15-24(19(2)3)25-18-30-26(27(25)28-7)16-22(6)14-23-11-10-21(5)17-29-13-12-23/h8-9,15,18,21-23,28H,1-2,10-14,16-17H2,3-7H3/b20-9+,24-15+/t21-,22?,23?/m0/s1. The maximum absolute atomic E-state index is 5.82. The van der Waals surface area contributed by atoms with Crippen molar-refractivity contribution in [2.45, 2.75) is 59.8 Å². The first-order valence-electron chi connectivity index (χ1n) is 11.4. The van der Waals surface area contributed by atoms with Crippen molar-refractivity contribution < 1.29 is 4.74 Å². The first-order valence-corrected chi connectivity index (χ1v) is 12.3. The first kappa shape index (κ1) is 24.7. The molecule has 0 spiro atoms. The Kier molecular flexibility index (Phi) is 10.1. The molecule has 1 saturated heterocycles. The van der Waals surface area contributed by atoms with E-state index >= 15 is 0 Å². The van der Waals surface area contributed by atoms with E-state index < -0.39 is 0 Å². The molecule has 3 heteroatoms. The molecule has 1 aliphatic heterocycles. The van der Waals surface area contributed by atoms with Gasteiger partial charge in [-0.2, -0.15) is 0 Å². The molecule has 1 aromatic rings. The van der Waals surface area contributed by atoms with E-state index in [2.05, 4.69) is 57.6 Å². The molecule has 2 unspecified atom stereocenters. The molecule has 1 aromatic heterocycles. The van der Waals surface area contributed by atoms with Gasteiger partial charge in [-0.25, -0.2) is 0 Å². The molecule has 166 valence electrons. The third-order valence-electron chi connectivity index (χ3n) is 6.03. The summed E-state index contributed by atoms with van der Waals surface area (Å²) in [5, 5.41) is 5.78. The number of thiophene rings is 1. The summed E-state index contributed by atoms with van der Waals surface area (Å²) < 4.78 is 5.82. The summed E-state index contributed by atoms with van der Waals surface area (Å²) in [4.78, 5) is 1.45. The molecule has 0 bridgehead atoms. The van der Waals surface area contributed by atoms with Crippen LogP contribution in [0.4, 0.5) is 5.69 Å². The quantitative estimate of drug-likeness (QED) is 0.404. The number of anilines is 1. The van der Waals surface area contributed by atoms with Gasteiger partial charge in [-0.1, -0.05) is 62.8 Å².